The number of hydrogen-bond donors (Lipinski definition) is 2. The number of primary amides is 1. The quantitative estimate of drug-likeness (QED) is 0.676. The summed E-state index contributed by atoms with van der Waals surface area (Å²) in [5, 5.41) is 10.0. The molecule has 3 N–H and O–H groups in total. The summed E-state index contributed by atoms with van der Waals surface area (Å²) >= 11 is 3.52. The summed E-state index contributed by atoms with van der Waals surface area (Å²) in [6.45, 7) is 2.11. The van der Waals surface area contributed by atoms with Gasteiger partial charge in [-0.15, -0.1) is 0 Å². The molecule has 4 heteroatoms. The van der Waals surface area contributed by atoms with Crippen molar-refractivity contribution in [2.24, 2.45) is 5.73 Å². The molecule has 0 bridgehead atoms. The summed E-state index contributed by atoms with van der Waals surface area (Å²) in [6.07, 6.45) is 3.90. The molecule has 3 nitrogen and oxygen atoms in total. The van der Waals surface area contributed by atoms with Gasteiger partial charge in [-0.25, -0.2) is 0 Å². The lowest BCUT2D eigenvalue weighted by Gasteiger charge is -2.20. The van der Waals surface area contributed by atoms with Gasteiger partial charge in [0.2, 0.25) is 5.91 Å². The zero-order valence-corrected chi connectivity index (χ0v) is 13.6. The molecule has 0 fully saturated rings. The van der Waals surface area contributed by atoms with Crippen LogP contribution in [0.1, 0.15) is 50.5 Å². The van der Waals surface area contributed by atoms with Crippen LogP contribution in [0.5, 0.6) is 0 Å². The van der Waals surface area contributed by atoms with E-state index < -0.39 is 0 Å². The minimum absolute atomic E-state index is 0.0135. The number of rotatable bonds is 9. The summed E-state index contributed by atoms with van der Waals surface area (Å²) in [5.74, 6) is -0.589. The number of aliphatic hydroxyl groups excluding tert-OH is 1. The highest BCUT2D eigenvalue weighted by Gasteiger charge is 2.21. The monoisotopic (exact) mass is 341 g/mol. The second-order valence-corrected chi connectivity index (χ2v) is 6.34. The first-order valence-corrected chi connectivity index (χ1v) is 8.14. The van der Waals surface area contributed by atoms with Gasteiger partial charge >= 0.3 is 0 Å². The van der Waals surface area contributed by atoms with Crippen molar-refractivity contribution in [3.8, 4) is 0 Å². The molecule has 1 aromatic carbocycles. The summed E-state index contributed by atoms with van der Waals surface area (Å²) in [6, 6.07) is 9.58. The van der Waals surface area contributed by atoms with E-state index in [1.54, 1.807) is 0 Å². The molecule has 1 rings (SSSR count). The lowest BCUT2D eigenvalue weighted by Crippen LogP contribution is -2.25. The van der Waals surface area contributed by atoms with E-state index in [4.69, 9.17) is 5.73 Å². The van der Waals surface area contributed by atoms with Gasteiger partial charge in [0.05, 0.1) is 12.0 Å². The maximum atomic E-state index is 11.6. The van der Waals surface area contributed by atoms with Crippen molar-refractivity contribution in [1.82, 2.24) is 0 Å². The molecule has 0 heterocycles. The van der Waals surface area contributed by atoms with Gasteiger partial charge in [-0.3, -0.25) is 4.79 Å². The first-order chi connectivity index (χ1) is 9.56. The lowest BCUT2D eigenvalue weighted by molar-refractivity contribution is -0.119. The Morgan fingerprint density at radius 2 is 1.90 bits per heavy atom. The van der Waals surface area contributed by atoms with Crippen LogP contribution in [-0.4, -0.2) is 21.9 Å². The van der Waals surface area contributed by atoms with Crippen LogP contribution in [0, 0.1) is 0 Å². The number of hydrogen-bond acceptors (Lipinski definition) is 2. The average Bonchev–Trinajstić information content (AvgIpc) is 2.45. The van der Waals surface area contributed by atoms with Crippen molar-refractivity contribution in [1.29, 1.82) is 0 Å². The van der Waals surface area contributed by atoms with Crippen LogP contribution in [0.4, 0.5) is 0 Å². The van der Waals surface area contributed by atoms with Crippen LogP contribution < -0.4 is 5.73 Å². The fourth-order valence-corrected chi connectivity index (χ4v) is 2.80. The largest absolute Gasteiger partial charge is 0.392 e. The van der Waals surface area contributed by atoms with Gasteiger partial charge in [-0.1, -0.05) is 66.0 Å². The van der Waals surface area contributed by atoms with Crippen LogP contribution in [0.3, 0.4) is 0 Å². The number of benzene rings is 1. The van der Waals surface area contributed by atoms with Crippen LogP contribution >= 0.6 is 15.9 Å². The van der Waals surface area contributed by atoms with E-state index in [0.717, 1.165) is 31.2 Å². The van der Waals surface area contributed by atoms with Crippen molar-refractivity contribution in [3.05, 3.63) is 35.9 Å². The Balaban J connectivity index is 2.54. The molecule has 3 unspecified atom stereocenters. The molecule has 20 heavy (non-hydrogen) atoms. The van der Waals surface area contributed by atoms with Crippen LogP contribution in [0.2, 0.25) is 0 Å². The van der Waals surface area contributed by atoms with Crippen molar-refractivity contribution in [2.45, 2.75) is 55.9 Å². The Bertz CT molecular complexity index is 397. The molecular formula is C16H24BrNO2. The molecule has 0 saturated carbocycles. The minimum atomic E-state index is -0.362. The number of halogens is 1. The molecule has 0 radical (unpaired) electrons. The minimum Gasteiger partial charge on any atom is -0.392 e. The molecule has 0 saturated heterocycles. The number of nitrogens with two attached hydrogens (primary N) is 1. The summed E-state index contributed by atoms with van der Waals surface area (Å²) in [4.78, 5) is 11.6. The van der Waals surface area contributed by atoms with Crippen molar-refractivity contribution in [3.63, 3.8) is 0 Å². The maximum absolute atomic E-state index is 11.6. The second-order valence-electron chi connectivity index (χ2n) is 5.17. The SMILES string of the molecule is CCCCC(O)C(Br)CCC(C(N)=O)c1ccccc1. The zero-order chi connectivity index (χ0) is 15.0. The van der Waals surface area contributed by atoms with Gasteiger partial charge < -0.3 is 10.8 Å². The molecule has 0 aliphatic heterocycles. The summed E-state index contributed by atoms with van der Waals surface area (Å²) < 4.78 is 0. The highest BCUT2D eigenvalue weighted by atomic mass is 79.9. The third-order valence-corrected chi connectivity index (χ3v) is 4.62. The fraction of sp³-hybridized carbons (Fsp3) is 0.562. The van der Waals surface area contributed by atoms with E-state index in [2.05, 4.69) is 22.9 Å². The van der Waals surface area contributed by atoms with E-state index in [1.165, 1.54) is 0 Å². The predicted octanol–water partition coefficient (Wildman–Crippen LogP) is 3.35. The number of alkyl halides is 1. The normalized spacial score (nSPS) is 15.6. The number of amides is 1. The topological polar surface area (TPSA) is 63.3 Å². The Morgan fingerprint density at radius 3 is 2.45 bits per heavy atom. The highest BCUT2D eigenvalue weighted by molar-refractivity contribution is 9.09. The summed E-state index contributed by atoms with van der Waals surface area (Å²) in [7, 11) is 0. The van der Waals surface area contributed by atoms with Crippen molar-refractivity contribution >= 4 is 21.8 Å². The Morgan fingerprint density at radius 1 is 1.25 bits per heavy atom. The van der Waals surface area contributed by atoms with Crippen molar-refractivity contribution in [2.75, 3.05) is 0 Å². The fourth-order valence-electron chi connectivity index (χ4n) is 2.27. The van der Waals surface area contributed by atoms with Gasteiger partial charge in [0.15, 0.2) is 0 Å². The molecule has 1 aromatic rings. The molecule has 112 valence electrons. The van der Waals surface area contributed by atoms with Crippen molar-refractivity contribution < 1.29 is 9.90 Å². The van der Waals surface area contributed by atoms with E-state index in [-0.39, 0.29) is 22.8 Å². The van der Waals surface area contributed by atoms with E-state index in [1.807, 2.05) is 30.3 Å². The van der Waals surface area contributed by atoms with Gasteiger partial charge in [-0.05, 0) is 24.8 Å². The van der Waals surface area contributed by atoms with E-state index in [9.17, 15) is 9.90 Å². The number of carbonyl (C=O) groups is 1. The molecule has 0 aromatic heterocycles. The highest BCUT2D eigenvalue weighted by Crippen LogP contribution is 2.25. The molecule has 0 aliphatic carbocycles. The second kappa shape index (κ2) is 9.14. The van der Waals surface area contributed by atoms with Gasteiger partial charge in [-0.2, -0.15) is 0 Å². The van der Waals surface area contributed by atoms with Gasteiger partial charge in [0, 0.05) is 4.83 Å². The first-order valence-electron chi connectivity index (χ1n) is 7.22. The molecule has 0 aliphatic rings. The van der Waals surface area contributed by atoms with E-state index in [0.29, 0.717) is 6.42 Å². The standard InChI is InChI=1S/C16H24BrNO2/c1-2-3-9-15(19)14(17)11-10-13(16(18)20)12-7-5-4-6-8-12/h4-8,13-15,19H,2-3,9-11H2,1H3,(H2,18,20). The average molecular weight is 342 g/mol. The zero-order valence-electron chi connectivity index (χ0n) is 12.0. The van der Waals surface area contributed by atoms with Gasteiger partial charge in [0.1, 0.15) is 0 Å². The number of aliphatic hydroxyl groups is 1. The smallest absolute Gasteiger partial charge is 0.224 e. The van der Waals surface area contributed by atoms with E-state index >= 15 is 0 Å². The third kappa shape index (κ3) is 5.63. The maximum Gasteiger partial charge on any atom is 0.224 e. The molecular weight excluding hydrogens is 318 g/mol. The Kier molecular flexibility index (Phi) is 7.85. The van der Waals surface area contributed by atoms with Crippen LogP contribution in [-0.2, 0) is 4.79 Å². The summed E-state index contributed by atoms with van der Waals surface area (Å²) in [5.41, 5.74) is 6.44. The third-order valence-electron chi connectivity index (χ3n) is 3.55. The Hall–Kier alpha value is -0.870. The first kappa shape index (κ1) is 17.2. The molecule has 0 spiro atoms. The lowest BCUT2D eigenvalue weighted by atomic mass is 9.92. The molecule has 3 atom stereocenters. The predicted molar refractivity (Wildman–Crippen MR) is 85.9 cm³/mol. The van der Waals surface area contributed by atoms with Gasteiger partial charge in [0.25, 0.3) is 0 Å². The van der Waals surface area contributed by atoms with Crippen LogP contribution in [0.15, 0.2) is 30.3 Å². The Labute approximate surface area is 129 Å². The van der Waals surface area contributed by atoms with Crippen LogP contribution in [0.25, 0.3) is 0 Å². The number of carbonyl (C=O) groups excluding carboxylic acids is 1. The number of unbranched alkanes of at least 4 members (excludes halogenated alkanes) is 1. The molecule has 1 amide bonds.